The normalized spacial score (nSPS) is 16.2. The lowest BCUT2D eigenvalue weighted by atomic mass is 9.99. The molecular formula is C23H22N4OS. The van der Waals surface area contributed by atoms with Gasteiger partial charge in [0.15, 0.2) is 0 Å². The molecule has 1 saturated heterocycles. The van der Waals surface area contributed by atoms with Crippen LogP contribution in [0.15, 0.2) is 72.4 Å². The number of anilines is 1. The molecule has 0 amide bonds. The Morgan fingerprint density at radius 1 is 0.862 bits per heavy atom. The monoisotopic (exact) mass is 402 g/mol. The van der Waals surface area contributed by atoms with E-state index in [1.165, 1.54) is 4.88 Å². The minimum absolute atomic E-state index is 0.0206. The molecule has 146 valence electrons. The van der Waals surface area contributed by atoms with Gasteiger partial charge in [-0.25, -0.2) is 4.98 Å². The molecule has 1 N–H and O–H groups in total. The van der Waals surface area contributed by atoms with Crippen molar-refractivity contribution < 1.29 is 5.11 Å². The third-order valence-electron chi connectivity index (χ3n) is 5.54. The van der Waals surface area contributed by atoms with Gasteiger partial charge in [-0.3, -0.25) is 9.88 Å². The molecule has 3 aromatic heterocycles. The zero-order chi connectivity index (χ0) is 19.6. The Morgan fingerprint density at radius 3 is 2.48 bits per heavy atom. The largest absolute Gasteiger partial charge is 0.505 e. The molecule has 1 aliphatic heterocycles. The quantitative estimate of drug-likeness (QED) is 0.551. The van der Waals surface area contributed by atoms with E-state index in [0.29, 0.717) is 5.52 Å². The molecule has 1 atom stereocenters. The summed E-state index contributed by atoms with van der Waals surface area (Å²) in [5.74, 6) is 1.31. The van der Waals surface area contributed by atoms with Crippen LogP contribution in [0, 0.1) is 0 Å². The summed E-state index contributed by atoms with van der Waals surface area (Å²) in [6, 6.07) is 18.3. The molecule has 4 heterocycles. The number of nitrogens with zero attached hydrogens (tertiary/aromatic N) is 4. The molecule has 0 saturated carbocycles. The maximum Gasteiger partial charge on any atom is 0.146 e. The van der Waals surface area contributed by atoms with E-state index in [-0.39, 0.29) is 11.8 Å². The highest BCUT2D eigenvalue weighted by atomic mass is 32.1. The highest BCUT2D eigenvalue weighted by Gasteiger charge is 2.30. The van der Waals surface area contributed by atoms with Crippen molar-refractivity contribution in [3.05, 3.63) is 82.8 Å². The molecule has 4 aromatic rings. The van der Waals surface area contributed by atoms with Gasteiger partial charge in [-0.2, -0.15) is 0 Å². The zero-order valence-electron chi connectivity index (χ0n) is 16.0. The number of aromatic hydroxyl groups is 1. The first-order valence-electron chi connectivity index (χ1n) is 9.81. The van der Waals surface area contributed by atoms with Crippen LogP contribution in [0.2, 0.25) is 0 Å². The van der Waals surface area contributed by atoms with E-state index in [4.69, 9.17) is 0 Å². The molecule has 5 nitrogen and oxygen atoms in total. The van der Waals surface area contributed by atoms with Crippen molar-refractivity contribution in [2.75, 3.05) is 31.1 Å². The van der Waals surface area contributed by atoms with Crippen molar-refractivity contribution in [2.24, 2.45) is 0 Å². The highest BCUT2D eigenvalue weighted by Crippen LogP contribution is 2.39. The lowest BCUT2D eigenvalue weighted by Gasteiger charge is -2.39. The Balaban J connectivity index is 1.47. The molecule has 1 aromatic carbocycles. The number of phenolic OH excluding ortho intramolecular Hbond substituents is 1. The van der Waals surface area contributed by atoms with Crippen molar-refractivity contribution >= 4 is 28.1 Å². The summed E-state index contributed by atoms with van der Waals surface area (Å²) in [5, 5.41) is 14.1. The number of phenols is 1. The van der Waals surface area contributed by atoms with Gasteiger partial charge in [0.25, 0.3) is 0 Å². The number of piperazine rings is 1. The summed E-state index contributed by atoms with van der Waals surface area (Å²) in [5.41, 5.74) is 1.59. The first kappa shape index (κ1) is 18.1. The van der Waals surface area contributed by atoms with Gasteiger partial charge in [0.2, 0.25) is 0 Å². The van der Waals surface area contributed by atoms with Gasteiger partial charge in [0, 0.05) is 54.4 Å². The second-order valence-corrected chi connectivity index (χ2v) is 8.19. The minimum Gasteiger partial charge on any atom is -0.505 e. The minimum atomic E-state index is 0.0206. The molecule has 0 spiro atoms. The summed E-state index contributed by atoms with van der Waals surface area (Å²) in [6.07, 6.45) is 3.58. The van der Waals surface area contributed by atoms with Crippen molar-refractivity contribution in [3.63, 3.8) is 0 Å². The molecule has 0 aliphatic carbocycles. The van der Waals surface area contributed by atoms with Crippen LogP contribution < -0.4 is 4.90 Å². The van der Waals surface area contributed by atoms with Crippen molar-refractivity contribution in [1.82, 2.24) is 14.9 Å². The second kappa shape index (κ2) is 7.81. The van der Waals surface area contributed by atoms with Crippen LogP contribution in [0.4, 0.5) is 5.82 Å². The number of hydrogen-bond donors (Lipinski definition) is 1. The van der Waals surface area contributed by atoms with Crippen LogP contribution in [-0.4, -0.2) is 46.2 Å². The molecular weight excluding hydrogens is 380 g/mol. The predicted octanol–water partition coefficient (Wildman–Crippen LogP) is 4.31. The fraction of sp³-hybridized carbons (Fsp3) is 0.217. The molecule has 6 heteroatoms. The van der Waals surface area contributed by atoms with Gasteiger partial charge in [-0.15, -0.1) is 11.3 Å². The molecule has 29 heavy (non-hydrogen) atoms. The molecule has 0 unspecified atom stereocenters. The summed E-state index contributed by atoms with van der Waals surface area (Å²) in [7, 11) is 0. The maximum absolute atomic E-state index is 11.1. The van der Waals surface area contributed by atoms with Crippen LogP contribution in [0.25, 0.3) is 10.9 Å². The average molecular weight is 403 g/mol. The van der Waals surface area contributed by atoms with Crippen LogP contribution in [-0.2, 0) is 0 Å². The smallest absolute Gasteiger partial charge is 0.146 e. The van der Waals surface area contributed by atoms with E-state index in [0.717, 1.165) is 42.9 Å². The number of aromatic nitrogens is 2. The summed E-state index contributed by atoms with van der Waals surface area (Å²) < 4.78 is 0. The highest BCUT2D eigenvalue weighted by molar-refractivity contribution is 7.10. The van der Waals surface area contributed by atoms with E-state index < -0.39 is 0 Å². The Hall–Kier alpha value is -2.96. The van der Waals surface area contributed by atoms with Gasteiger partial charge in [0.05, 0.1) is 6.04 Å². The van der Waals surface area contributed by atoms with E-state index >= 15 is 0 Å². The SMILES string of the molecule is Oc1c([C@H](c2cccs2)N2CCN(c3ccccn3)CC2)ccc2cccnc12. The van der Waals surface area contributed by atoms with Crippen LogP contribution in [0.1, 0.15) is 16.5 Å². The summed E-state index contributed by atoms with van der Waals surface area (Å²) >= 11 is 1.73. The van der Waals surface area contributed by atoms with Crippen molar-refractivity contribution in [2.45, 2.75) is 6.04 Å². The number of rotatable bonds is 4. The van der Waals surface area contributed by atoms with Crippen LogP contribution in [0.5, 0.6) is 5.75 Å². The van der Waals surface area contributed by atoms with E-state index in [2.05, 4.69) is 55.5 Å². The van der Waals surface area contributed by atoms with Crippen LogP contribution >= 0.6 is 11.3 Å². The van der Waals surface area contributed by atoms with Gasteiger partial charge >= 0.3 is 0 Å². The summed E-state index contributed by atoms with van der Waals surface area (Å²) in [4.78, 5) is 14.9. The van der Waals surface area contributed by atoms with Gasteiger partial charge in [-0.05, 0) is 29.6 Å². The zero-order valence-corrected chi connectivity index (χ0v) is 16.8. The number of benzene rings is 1. The Kier molecular flexibility index (Phi) is 4.87. The second-order valence-electron chi connectivity index (χ2n) is 7.21. The van der Waals surface area contributed by atoms with Crippen molar-refractivity contribution in [3.8, 4) is 5.75 Å². The van der Waals surface area contributed by atoms with Gasteiger partial charge in [0.1, 0.15) is 17.1 Å². The molecule has 1 aliphatic rings. The Morgan fingerprint density at radius 2 is 1.72 bits per heavy atom. The number of hydrogen-bond acceptors (Lipinski definition) is 6. The average Bonchev–Trinajstić information content (AvgIpc) is 3.31. The lowest BCUT2D eigenvalue weighted by molar-refractivity contribution is 0.211. The number of pyridine rings is 2. The van der Waals surface area contributed by atoms with E-state index in [1.54, 1.807) is 17.5 Å². The third kappa shape index (κ3) is 3.45. The number of thiophene rings is 1. The first-order valence-corrected chi connectivity index (χ1v) is 10.7. The Bertz CT molecular complexity index is 1090. The summed E-state index contributed by atoms with van der Waals surface area (Å²) in [6.45, 7) is 3.62. The fourth-order valence-electron chi connectivity index (χ4n) is 4.09. The van der Waals surface area contributed by atoms with Gasteiger partial charge < -0.3 is 10.0 Å². The van der Waals surface area contributed by atoms with Crippen LogP contribution in [0.3, 0.4) is 0 Å². The standard InChI is InChI=1S/C23H22N4OS/c28-23-18(9-8-17-5-3-11-25-21(17)23)22(19-6-4-16-29-19)27-14-12-26(13-15-27)20-7-1-2-10-24-20/h1-11,16,22,28H,12-15H2/t22-/m1/s1. The van der Waals surface area contributed by atoms with E-state index in [1.807, 2.05) is 30.5 Å². The maximum atomic E-state index is 11.1. The third-order valence-corrected chi connectivity index (χ3v) is 6.46. The number of fused-ring (bicyclic) bond motifs is 1. The van der Waals surface area contributed by atoms with Crippen molar-refractivity contribution in [1.29, 1.82) is 0 Å². The molecule has 1 fully saturated rings. The predicted molar refractivity (Wildman–Crippen MR) is 118 cm³/mol. The topological polar surface area (TPSA) is 52.5 Å². The molecule has 0 bridgehead atoms. The molecule has 0 radical (unpaired) electrons. The Labute approximate surface area is 173 Å². The van der Waals surface area contributed by atoms with Gasteiger partial charge in [-0.1, -0.05) is 30.3 Å². The lowest BCUT2D eigenvalue weighted by Crippen LogP contribution is -2.48. The van der Waals surface area contributed by atoms with E-state index in [9.17, 15) is 5.11 Å². The molecule has 5 rings (SSSR count). The fourth-order valence-corrected chi connectivity index (χ4v) is 4.97. The first-order chi connectivity index (χ1) is 14.3.